The molecule has 0 atom stereocenters. The summed E-state index contributed by atoms with van der Waals surface area (Å²) in [4.78, 5) is 17.1. The predicted molar refractivity (Wildman–Crippen MR) is 89.9 cm³/mol. The van der Waals surface area contributed by atoms with Crippen LogP contribution in [-0.2, 0) is 4.79 Å². The molecule has 0 spiro atoms. The molecule has 1 saturated carbocycles. The van der Waals surface area contributed by atoms with Crippen molar-refractivity contribution in [2.24, 2.45) is 16.1 Å². The van der Waals surface area contributed by atoms with Crippen LogP contribution in [0.15, 0.2) is 10.2 Å². The van der Waals surface area contributed by atoms with Gasteiger partial charge in [-0.05, 0) is 31.7 Å². The minimum absolute atomic E-state index is 0.257. The third-order valence-electron chi connectivity index (χ3n) is 5.47. The Hall–Kier alpha value is -1.41. The Morgan fingerprint density at radius 3 is 2.61 bits per heavy atom. The maximum atomic E-state index is 12.5. The summed E-state index contributed by atoms with van der Waals surface area (Å²) in [6.45, 7) is 5.16. The molecule has 23 heavy (non-hydrogen) atoms. The molecule has 0 aromatic heterocycles. The fourth-order valence-corrected chi connectivity index (χ4v) is 3.58. The second-order valence-corrected chi connectivity index (χ2v) is 7.22. The van der Waals surface area contributed by atoms with Crippen LogP contribution in [0.2, 0.25) is 0 Å². The number of carbonyl (C=O) groups is 1. The van der Waals surface area contributed by atoms with Crippen LogP contribution in [0.25, 0.3) is 0 Å². The van der Waals surface area contributed by atoms with Crippen molar-refractivity contribution >= 4 is 5.91 Å². The fourth-order valence-electron chi connectivity index (χ4n) is 3.58. The molecule has 0 N–H and O–H groups in total. The average molecular weight is 316 g/mol. The van der Waals surface area contributed by atoms with Crippen LogP contribution < -0.4 is 0 Å². The molecule has 0 unspecified atom stereocenters. The lowest BCUT2D eigenvalue weighted by atomic mass is 9.85. The van der Waals surface area contributed by atoms with Gasteiger partial charge >= 0.3 is 0 Å². The highest BCUT2D eigenvalue weighted by molar-refractivity contribution is 5.76. The molecule has 0 aromatic rings. The van der Waals surface area contributed by atoms with E-state index < -0.39 is 0 Å². The first kappa shape index (κ1) is 16.4. The molecular weight excluding hydrogens is 288 g/mol. The maximum absolute atomic E-state index is 12.5. The number of nitrogens with zero attached hydrogens (tertiary/aromatic N) is 4. The molecule has 1 saturated heterocycles. The second-order valence-electron chi connectivity index (χ2n) is 7.22. The summed E-state index contributed by atoms with van der Waals surface area (Å²) in [6, 6.07) is 0. The van der Waals surface area contributed by atoms with E-state index in [4.69, 9.17) is 6.42 Å². The lowest BCUT2D eigenvalue weighted by Gasteiger charge is -2.31. The van der Waals surface area contributed by atoms with Gasteiger partial charge in [0.05, 0.1) is 0 Å². The van der Waals surface area contributed by atoms with Crippen LogP contribution in [0.3, 0.4) is 0 Å². The number of hydrogen-bond acceptors (Lipinski definition) is 4. The summed E-state index contributed by atoms with van der Waals surface area (Å²) in [5, 5.41) is 8.24. The van der Waals surface area contributed by atoms with Crippen LogP contribution in [0, 0.1) is 18.3 Å². The van der Waals surface area contributed by atoms with E-state index in [1.807, 2.05) is 4.90 Å². The van der Waals surface area contributed by atoms with E-state index in [9.17, 15) is 4.79 Å². The molecule has 0 aromatic carbocycles. The van der Waals surface area contributed by atoms with Gasteiger partial charge in [0.15, 0.2) is 5.66 Å². The molecular formula is C18H28N4O. The monoisotopic (exact) mass is 316 g/mol. The fraction of sp³-hybridized carbons (Fsp3) is 0.833. The summed E-state index contributed by atoms with van der Waals surface area (Å²) in [5.74, 6) is 3.80. The smallest absolute Gasteiger partial charge is 0.222 e. The zero-order valence-electron chi connectivity index (χ0n) is 14.0. The molecule has 0 radical (unpaired) electrons. The van der Waals surface area contributed by atoms with Crippen LogP contribution in [0.1, 0.15) is 51.4 Å². The summed E-state index contributed by atoms with van der Waals surface area (Å²) >= 11 is 0. The van der Waals surface area contributed by atoms with E-state index in [0.29, 0.717) is 12.8 Å². The lowest BCUT2D eigenvalue weighted by Crippen LogP contribution is -2.37. The molecule has 5 nitrogen and oxygen atoms in total. The molecule has 0 bridgehead atoms. The third kappa shape index (κ3) is 4.54. The number of amides is 1. The highest BCUT2D eigenvalue weighted by Crippen LogP contribution is 2.37. The van der Waals surface area contributed by atoms with Crippen LogP contribution in [0.4, 0.5) is 0 Å². The number of carbonyl (C=O) groups excluding carboxylic acids is 1. The Balaban J connectivity index is 1.38. The Labute approximate surface area is 139 Å². The van der Waals surface area contributed by atoms with Crippen molar-refractivity contribution in [3.63, 3.8) is 0 Å². The Bertz CT molecular complexity index is 486. The number of rotatable bonds is 7. The van der Waals surface area contributed by atoms with Gasteiger partial charge in [-0.25, -0.2) is 0 Å². The van der Waals surface area contributed by atoms with Crippen molar-refractivity contribution < 1.29 is 4.79 Å². The largest absolute Gasteiger partial charge is 0.341 e. The first-order chi connectivity index (χ1) is 11.2. The summed E-state index contributed by atoms with van der Waals surface area (Å²) < 4.78 is 0. The quantitative estimate of drug-likeness (QED) is 0.678. The summed E-state index contributed by atoms with van der Waals surface area (Å²) in [5.41, 5.74) is -0.329. The van der Waals surface area contributed by atoms with E-state index >= 15 is 0 Å². The van der Waals surface area contributed by atoms with E-state index in [-0.39, 0.29) is 11.6 Å². The average Bonchev–Trinajstić information content (AvgIpc) is 3.31. The van der Waals surface area contributed by atoms with Crippen molar-refractivity contribution in [1.29, 1.82) is 0 Å². The van der Waals surface area contributed by atoms with Crippen molar-refractivity contribution in [2.45, 2.75) is 57.0 Å². The Morgan fingerprint density at radius 1 is 1.13 bits per heavy atom. The van der Waals surface area contributed by atoms with E-state index in [0.717, 1.165) is 51.4 Å². The van der Waals surface area contributed by atoms with Crippen LogP contribution >= 0.6 is 0 Å². The van der Waals surface area contributed by atoms with E-state index in [1.54, 1.807) is 0 Å². The molecule has 1 aliphatic carbocycles. The first-order valence-corrected chi connectivity index (χ1v) is 9.08. The van der Waals surface area contributed by atoms with Crippen LogP contribution in [0.5, 0.6) is 0 Å². The molecule has 3 aliphatic rings. The molecule has 5 heteroatoms. The molecule has 3 rings (SSSR count). The van der Waals surface area contributed by atoms with E-state index in [2.05, 4.69) is 21.0 Å². The molecule has 2 aliphatic heterocycles. The summed E-state index contributed by atoms with van der Waals surface area (Å²) in [7, 11) is 0. The van der Waals surface area contributed by atoms with Gasteiger partial charge in [0.25, 0.3) is 0 Å². The number of hydrogen-bond donors (Lipinski definition) is 0. The van der Waals surface area contributed by atoms with Crippen molar-refractivity contribution in [3.05, 3.63) is 0 Å². The molecule has 2 fully saturated rings. The molecule has 2 heterocycles. The Morgan fingerprint density at radius 2 is 1.96 bits per heavy atom. The van der Waals surface area contributed by atoms with E-state index in [1.165, 1.54) is 25.8 Å². The zero-order valence-corrected chi connectivity index (χ0v) is 14.0. The van der Waals surface area contributed by atoms with Gasteiger partial charge in [0.1, 0.15) is 0 Å². The van der Waals surface area contributed by atoms with Gasteiger partial charge in [-0.15, -0.1) is 12.3 Å². The SMILES string of the molecule is C#CCCC1(CCC(=O)N2CCCN(CC3CCC3)CC2)N=N1. The van der Waals surface area contributed by atoms with Crippen molar-refractivity contribution in [2.75, 3.05) is 32.7 Å². The number of terminal acetylenes is 1. The first-order valence-electron chi connectivity index (χ1n) is 9.08. The molecule has 1 amide bonds. The normalized spacial score (nSPS) is 23.9. The molecule has 126 valence electrons. The van der Waals surface area contributed by atoms with Crippen LogP contribution in [-0.4, -0.2) is 54.1 Å². The van der Waals surface area contributed by atoms with Gasteiger partial charge in [0, 0.05) is 51.9 Å². The topological polar surface area (TPSA) is 48.3 Å². The van der Waals surface area contributed by atoms with Gasteiger partial charge in [-0.1, -0.05) is 6.42 Å². The van der Waals surface area contributed by atoms with Gasteiger partial charge in [-0.3, -0.25) is 4.79 Å². The minimum Gasteiger partial charge on any atom is -0.341 e. The highest BCUT2D eigenvalue weighted by Gasteiger charge is 2.39. The van der Waals surface area contributed by atoms with Crippen molar-refractivity contribution in [1.82, 2.24) is 9.80 Å². The summed E-state index contributed by atoms with van der Waals surface area (Å²) in [6.07, 6.45) is 13.3. The third-order valence-corrected chi connectivity index (χ3v) is 5.47. The zero-order chi connectivity index (χ0) is 16.1. The van der Waals surface area contributed by atoms with Crippen molar-refractivity contribution in [3.8, 4) is 12.3 Å². The van der Waals surface area contributed by atoms with Gasteiger partial charge < -0.3 is 9.80 Å². The van der Waals surface area contributed by atoms with Gasteiger partial charge in [0.2, 0.25) is 5.91 Å². The minimum atomic E-state index is -0.329. The lowest BCUT2D eigenvalue weighted by molar-refractivity contribution is -0.131. The standard InChI is InChI=1S/C18H28N4O/c1-2-3-9-18(19-20-18)10-8-17(23)22-12-5-11-21(13-14-22)15-16-6-4-7-16/h1,16H,3-15H2. The predicted octanol–water partition coefficient (Wildman–Crippen LogP) is 2.68. The van der Waals surface area contributed by atoms with Gasteiger partial charge in [-0.2, -0.15) is 10.2 Å². The Kier molecular flexibility index (Phi) is 5.32. The maximum Gasteiger partial charge on any atom is 0.222 e. The second kappa shape index (κ2) is 7.44. The highest BCUT2D eigenvalue weighted by atomic mass is 16.2.